The van der Waals surface area contributed by atoms with Crippen LogP contribution in [-0.2, 0) is 10.0 Å². The summed E-state index contributed by atoms with van der Waals surface area (Å²) in [6, 6.07) is 23.1. The number of hydrogen-bond acceptors (Lipinski definition) is 4. The van der Waals surface area contributed by atoms with E-state index in [1.54, 1.807) is 48.5 Å². The third kappa shape index (κ3) is 3.99. The van der Waals surface area contributed by atoms with Crippen molar-refractivity contribution in [1.29, 1.82) is 0 Å². The highest BCUT2D eigenvalue weighted by atomic mass is 32.2. The molecular weight excluding hydrogens is 334 g/mol. The molecule has 0 aromatic heterocycles. The summed E-state index contributed by atoms with van der Waals surface area (Å²) < 4.78 is 27.4. The summed E-state index contributed by atoms with van der Waals surface area (Å²) >= 11 is 0. The lowest BCUT2D eigenvalue weighted by molar-refractivity contribution is 0.601. The number of hydrazine groups is 1. The Hall–Kier alpha value is -2.83. The lowest BCUT2D eigenvalue weighted by atomic mass is 10.2. The molecule has 3 aromatic rings. The predicted octanol–water partition coefficient (Wildman–Crippen LogP) is 3.81. The number of benzene rings is 3. The number of aryl methyl sites for hydroxylation is 1. The number of anilines is 3. The van der Waals surface area contributed by atoms with Crippen molar-refractivity contribution in [3.63, 3.8) is 0 Å². The maximum Gasteiger partial charge on any atom is 0.261 e. The Morgan fingerprint density at radius 2 is 1.36 bits per heavy atom. The Kier molecular flexibility index (Phi) is 4.74. The molecule has 0 heterocycles. The van der Waals surface area contributed by atoms with Gasteiger partial charge in [0.1, 0.15) is 0 Å². The van der Waals surface area contributed by atoms with Gasteiger partial charge in [-0.1, -0.05) is 35.9 Å². The van der Waals surface area contributed by atoms with Gasteiger partial charge in [0.05, 0.1) is 16.3 Å². The van der Waals surface area contributed by atoms with Crippen molar-refractivity contribution in [2.45, 2.75) is 11.8 Å². The second kappa shape index (κ2) is 6.96. The number of nitrogens with two attached hydrogens (primary N) is 1. The topological polar surface area (TPSA) is 75.4 Å². The summed E-state index contributed by atoms with van der Waals surface area (Å²) in [6.45, 7) is 1.91. The Labute approximate surface area is 147 Å². The zero-order chi connectivity index (χ0) is 17.9. The molecular formula is C19H19N3O2S. The third-order valence-electron chi connectivity index (χ3n) is 3.76. The fourth-order valence-corrected chi connectivity index (χ4v) is 3.42. The predicted molar refractivity (Wildman–Crippen MR) is 101 cm³/mol. The van der Waals surface area contributed by atoms with Crippen LogP contribution in [0.4, 0.5) is 17.1 Å². The Morgan fingerprint density at radius 1 is 0.800 bits per heavy atom. The first-order valence-electron chi connectivity index (χ1n) is 7.75. The third-order valence-corrected chi connectivity index (χ3v) is 5.16. The first kappa shape index (κ1) is 17.0. The molecule has 0 bridgehead atoms. The number of nitrogens with one attached hydrogen (secondary N) is 1. The number of nitrogens with zero attached hydrogens (tertiary/aromatic N) is 1. The zero-order valence-corrected chi connectivity index (χ0v) is 14.6. The lowest BCUT2D eigenvalue weighted by Gasteiger charge is -2.19. The normalized spacial score (nSPS) is 11.1. The molecule has 0 fully saturated rings. The van der Waals surface area contributed by atoms with E-state index in [1.807, 2.05) is 37.3 Å². The van der Waals surface area contributed by atoms with Crippen LogP contribution >= 0.6 is 0 Å². The van der Waals surface area contributed by atoms with Gasteiger partial charge >= 0.3 is 0 Å². The zero-order valence-electron chi connectivity index (χ0n) is 13.8. The molecule has 3 aromatic carbocycles. The minimum atomic E-state index is -3.61. The molecule has 0 atom stereocenters. The Balaban J connectivity index is 1.77. The van der Waals surface area contributed by atoms with Crippen LogP contribution in [0, 0.1) is 6.92 Å². The SMILES string of the molecule is Cc1ccc(S(=O)(=O)Nc2ccc(N(N)c3ccccc3)cc2)cc1. The van der Waals surface area contributed by atoms with Gasteiger partial charge in [-0.2, -0.15) is 0 Å². The fourth-order valence-electron chi connectivity index (χ4n) is 2.36. The second-order valence-corrected chi connectivity index (χ2v) is 7.35. The van der Waals surface area contributed by atoms with Gasteiger partial charge in [0.2, 0.25) is 0 Å². The van der Waals surface area contributed by atoms with Crippen LogP contribution in [0.1, 0.15) is 5.56 Å². The lowest BCUT2D eigenvalue weighted by Crippen LogP contribution is -2.24. The van der Waals surface area contributed by atoms with Crippen molar-refractivity contribution < 1.29 is 8.42 Å². The van der Waals surface area contributed by atoms with Gasteiger partial charge in [0.25, 0.3) is 10.0 Å². The molecule has 3 rings (SSSR count). The summed E-state index contributed by atoms with van der Waals surface area (Å²) in [6.07, 6.45) is 0. The van der Waals surface area contributed by atoms with E-state index in [9.17, 15) is 8.42 Å². The van der Waals surface area contributed by atoms with Crippen molar-refractivity contribution in [3.05, 3.63) is 84.4 Å². The molecule has 0 aliphatic carbocycles. The van der Waals surface area contributed by atoms with E-state index >= 15 is 0 Å². The number of rotatable bonds is 5. The van der Waals surface area contributed by atoms with Gasteiger partial charge < -0.3 is 0 Å². The van der Waals surface area contributed by atoms with Gasteiger partial charge in [-0.3, -0.25) is 9.73 Å². The van der Waals surface area contributed by atoms with Gasteiger partial charge in [-0.15, -0.1) is 0 Å². The molecule has 0 saturated carbocycles. The maximum absolute atomic E-state index is 12.4. The molecule has 0 aliphatic heterocycles. The van der Waals surface area contributed by atoms with Gasteiger partial charge in [-0.05, 0) is 55.5 Å². The van der Waals surface area contributed by atoms with Gasteiger partial charge in [-0.25, -0.2) is 14.3 Å². The standard InChI is InChI=1S/C19H19N3O2S/c1-15-7-13-19(14-8-15)25(23,24)21-16-9-11-18(12-10-16)22(20)17-5-3-2-4-6-17/h2-14,21H,20H2,1H3. The first-order valence-corrected chi connectivity index (χ1v) is 9.23. The second-order valence-electron chi connectivity index (χ2n) is 5.67. The van der Waals surface area contributed by atoms with E-state index < -0.39 is 10.0 Å². The molecule has 0 unspecified atom stereocenters. The number of sulfonamides is 1. The Morgan fingerprint density at radius 3 is 1.96 bits per heavy atom. The number of para-hydroxylation sites is 1. The van der Waals surface area contributed by atoms with E-state index in [-0.39, 0.29) is 4.90 Å². The van der Waals surface area contributed by atoms with Crippen LogP contribution < -0.4 is 15.6 Å². The van der Waals surface area contributed by atoms with Crippen molar-refractivity contribution in [2.75, 3.05) is 9.73 Å². The minimum absolute atomic E-state index is 0.229. The molecule has 3 N–H and O–H groups in total. The summed E-state index contributed by atoms with van der Waals surface area (Å²) in [7, 11) is -3.61. The van der Waals surface area contributed by atoms with E-state index in [0.717, 1.165) is 16.9 Å². The molecule has 6 heteroatoms. The molecule has 128 valence electrons. The van der Waals surface area contributed by atoms with E-state index in [4.69, 9.17) is 5.84 Å². The first-order chi connectivity index (χ1) is 12.0. The van der Waals surface area contributed by atoms with Crippen molar-refractivity contribution >= 4 is 27.1 Å². The van der Waals surface area contributed by atoms with Crippen molar-refractivity contribution in [2.24, 2.45) is 5.84 Å². The highest BCUT2D eigenvalue weighted by Gasteiger charge is 2.14. The highest BCUT2D eigenvalue weighted by Crippen LogP contribution is 2.24. The van der Waals surface area contributed by atoms with Crippen LogP contribution in [0.3, 0.4) is 0 Å². The van der Waals surface area contributed by atoms with E-state index in [0.29, 0.717) is 5.69 Å². The minimum Gasteiger partial charge on any atom is -0.280 e. The summed E-state index contributed by atoms with van der Waals surface area (Å²) in [5, 5.41) is 1.54. The molecule has 0 amide bonds. The van der Waals surface area contributed by atoms with Crippen LogP contribution in [0.5, 0.6) is 0 Å². The van der Waals surface area contributed by atoms with Crippen molar-refractivity contribution in [3.8, 4) is 0 Å². The molecule has 0 saturated heterocycles. The maximum atomic E-state index is 12.4. The Bertz CT molecular complexity index is 938. The fraction of sp³-hybridized carbons (Fsp3) is 0.0526. The molecule has 0 spiro atoms. The number of hydrogen-bond donors (Lipinski definition) is 2. The summed E-state index contributed by atoms with van der Waals surface area (Å²) in [5.74, 6) is 6.09. The van der Waals surface area contributed by atoms with E-state index in [1.165, 1.54) is 5.01 Å². The van der Waals surface area contributed by atoms with Crippen LogP contribution in [0.25, 0.3) is 0 Å². The average molecular weight is 353 g/mol. The summed E-state index contributed by atoms with van der Waals surface area (Å²) in [5.41, 5.74) is 3.08. The van der Waals surface area contributed by atoms with Gasteiger partial charge in [0, 0.05) is 5.69 Å². The molecule has 5 nitrogen and oxygen atoms in total. The van der Waals surface area contributed by atoms with Crippen molar-refractivity contribution in [1.82, 2.24) is 0 Å². The monoisotopic (exact) mass is 353 g/mol. The van der Waals surface area contributed by atoms with E-state index in [2.05, 4.69) is 4.72 Å². The highest BCUT2D eigenvalue weighted by molar-refractivity contribution is 7.92. The molecule has 0 aliphatic rings. The molecule has 0 radical (unpaired) electrons. The quantitative estimate of drug-likeness (QED) is 0.540. The van der Waals surface area contributed by atoms with Crippen LogP contribution in [0.15, 0.2) is 83.8 Å². The average Bonchev–Trinajstić information content (AvgIpc) is 2.62. The van der Waals surface area contributed by atoms with Crippen LogP contribution in [0.2, 0.25) is 0 Å². The van der Waals surface area contributed by atoms with Gasteiger partial charge in [0.15, 0.2) is 0 Å². The molecule has 25 heavy (non-hydrogen) atoms. The largest absolute Gasteiger partial charge is 0.280 e. The van der Waals surface area contributed by atoms with Crippen LogP contribution in [-0.4, -0.2) is 8.42 Å². The smallest absolute Gasteiger partial charge is 0.261 e. The summed E-state index contributed by atoms with van der Waals surface area (Å²) in [4.78, 5) is 0.229.